The Morgan fingerprint density at radius 3 is 1.92 bits per heavy atom. The van der Waals surface area contributed by atoms with Gasteiger partial charge in [0.2, 0.25) is 0 Å². The molecule has 0 aliphatic carbocycles. The Morgan fingerprint density at radius 2 is 1.62 bits per heavy atom. The molecule has 66 valence electrons. The second-order valence-electron chi connectivity index (χ2n) is 2.76. The average Bonchev–Trinajstić information content (AvgIpc) is 1.99. The predicted molar refractivity (Wildman–Crippen MR) is 51.7 cm³/mol. The van der Waals surface area contributed by atoms with Gasteiger partial charge in [-0.05, 0) is 37.1 Å². The summed E-state index contributed by atoms with van der Waals surface area (Å²) in [7, 11) is 0. The molecule has 3 nitrogen and oxygen atoms in total. The summed E-state index contributed by atoms with van der Waals surface area (Å²) >= 11 is 0. The van der Waals surface area contributed by atoms with Crippen LogP contribution < -0.4 is 0 Å². The molecule has 0 unspecified atom stereocenters. The van der Waals surface area contributed by atoms with Crippen LogP contribution in [0.25, 0.3) is 0 Å². The molecule has 0 atom stereocenters. The predicted octanol–water partition coefficient (Wildman–Crippen LogP) is 1.06. The molecule has 1 rings (SSSR count). The molecule has 0 aliphatic heterocycles. The van der Waals surface area contributed by atoms with E-state index < -0.39 is 5.97 Å². The van der Waals surface area contributed by atoms with Crippen LogP contribution in [0.4, 0.5) is 0 Å². The zero-order chi connectivity index (χ0) is 9.30. The van der Waals surface area contributed by atoms with Gasteiger partial charge in [-0.25, -0.2) is 4.79 Å². The van der Waals surface area contributed by atoms with Gasteiger partial charge in [-0.2, -0.15) is 0 Å². The minimum atomic E-state index is -0.971. The molecule has 13 heavy (non-hydrogen) atoms. The zero-order valence-corrected chi connectivity index (χ0v) is 6.96. The summed E-state index contributed by atoms with van der Waals surface area (Å²) < 4.78 is 0. The van der Waals surface area contributed by atoms with Crippen molar-refractivity contribution in [1.29, 1.82) is 0 Å². The molecule has 0 heterocycles. The zero-order valence-electron chi connectivity index (χ0n) is 6.96. The number of benzene rings is 1. The molecular weight excluding hydrogens is 179 g/mol. The monoisotopic (exact) mass is 190 g/mol. The van der Waals surface area contributed by atoms with E-state index in [1.54, 1.807) is 13.8 Å². The topological polar surface area (TPSA) is 57.5 Å². The number of carbonyl (C=O) groups is 1. The fourth-order valence-electron chi connectivity index (χ4n) is 1.08. The number of aryl methyl sites for hydroxylation is 2. The minimum absolute atomic E-state index is 0. The maximum atomic E-state index is 10.5. The summed E-state index contributed by atoms with van der Waals surface area (Å²) in [5.74, 6) is -0.804. The van der Waals surface area contributed by atoms with Crippen molar-refractivity contribution < 1.29 is 15.0 Å². The van der Waals surface area contributed by atoms with Crippen molar-refractivity contribution in [1.82, 2.24) is 0 Å². The molecular formula is C9H11NaO3. The Hall–Kier alpha value is -0.510. The summed E-state index contributed by atoms with van der Waals surface area (Å²) in [4.78, 5) is 10.5. The van der Waals surface area contributed by atoms with Gasteiger partial charge in [-0.3, -0.25) is 0 Å². The first kappa shape index (κ1) is 12.5. The van der Waals surface area contributed by atoms with Crippen LogP contribution in [0.3, 0.4) is 0 Å². The molecule has 0 saturated carbocycles. The van der Waals surface area contributed by atoms with Crippen molar-refractivity contribution in [3.8, 4) is 5.75 Å². The van der Waals surface area contributed by atoms with Gasteiger partial charge in [-0.15, -0.1) is 0 Å². The van der Waals surface area contributed by atoms with Crippen LogP contribution in [0, 0.1) is 13.8 Å². The van der Waals surface area contributed by atoms with E-state index in [1.165, 1.54) is 12.1 Å². The Labute approximate surface area is 98.7 Å². The van der Waals surface area contributed by atoms with Gasteiger partial charge in [0.1, 0.15) is 5.75 Å². The van der Waals surface area contributed by atoms with Crippen LogP contribution >= 0.6 is 0 Å². The summed E-state index contributed by atoms with van der Waals surface area (Å²) in [6.45, 7) is 3.35. The van der Waals surface area contributed by atoms with Gasteiger partial charge in [0, 0.05) is 0 Å². The van der Waals surface area contributed by atoms with Crippen LogP contribution in [0.1, 0.15) is 21.5 Å². The van der Waals surface area contributed by atoms with E-state index in [-0.39, 0.29) is 40.9 Å². The molecule has 0 aliphatic rings. The molecule has 0 fully saturated rings. The summed E-state index contributed by atoms with van der Waals surface area (Å²) in [5, 5.41) is 18.0. The first-order valence-electron chi connectivity index (χ1n) is 3.56. The summed E-state index contributed by atoms with van der Waals surface area (Å²) in [6, 6.07) is 2.90. The van der Waals surface area contributed by atoms with E-state index in [1.807, 2.05) is 0 Å². The van der Waals surface area contributed by atoms with Crippen molar-refractivity contribution in [3.63, 3.8) is 0 Å². The number of carboxylic acids is 1. The van der Waals surface area contributed by atoms with E-state index in [4.69, 9.17) is 5.11 Å². The first-order valence-corrected chi connectivity index (χ1v) is 3.56. The quantitative estimate of drug-likeness (QED) is 0.651. The molecule has 2 N–H and O–H groups in total. The number of aromatic hydroxyl groups is 1. The third-order valence-corrected chi connectivity index (χ3v) is 1.74. The molecule has 4 heteroatoms. The number of hydrogen-bond acceptors (Lipinski definition) is 2. The number of hydrogen-bond donors (Lipinski definition) is 2. The fraction of sp³-hybridized carbons (Fsp3) is 0.222. The number of phenols is 1. The van der Waals surface area contributed by atoms with Gasteiger partial charge in [0.15, 0.2) is 0 Å². The van der Waals surface area contributed by atoms with Gasteiger partial charge in [0.05, 0.1) is 5.56 Å². The number of phenolic OH excluding ortho intramolecular Hbond substituents is 1. The SMILES string of the molecule is Cc1cc(C(=O)O)cc(C)c1O.[NaH]. The standard InChI is InChI=1S/C9H10O3.Na.H/c1-5-3-7(9(11)12)4-6(2)8(5)10;;/h3-4,10H,1-2H3,(H,11,12);;. The Bertz CT molecular complexity index is 311. The third-order valence-electron chi connectivity index (χ3n) is 1.74. The van der Waals surface area contributed by atoms with E-state index in [9.17, 15) is 9.90 Å². The Kier molecular flexibility index (Phi) is 4.47. The van der Waals surface area contributed by atoms with Gasteiger partial charge < -0.3 is 10.2 Å². The average molecular weight is 190 g/mol. The second kappa shape index (κ2) is 4.65. The van der Waals surface area contributed by atoms with Gasteiger partial charge in [-0.1, -0.05) is 0 Å². The van der Waals surface area contributed by atoms with Crippen LogP contribution in [0.15, 0.2) is 12.1 Å². The Balaban J connectivity index is 0.00000144. The van der Waals surface area contributed by atoms with E-state index in [0.717, 1.165) is 0 Å². The van der Waals surface area contributed by atoms with E-state index in [2.05, 4.69) is 0 Å². The molecule has 1 aromatic carbocycles. The second-order valence-corrected chi connectivity index (χ2v) is 2.76. The molecule has 0 aromatic heterocycles. The normalized spacial score (nSPS) is 9.08. The van der Waals surface area contributed by atoms with Crippen LogP contribution in [-0.2, 0) is 0 Å². The first-order chi connectivity index (χ1) is 5.52. The molecule has 0 radical (unpaired) electrons. The fourth-order valence-corrected chi connectivity index (χ4v) is 1.08. The Morgan fingerprint density at radius 1 is 1.23 bits per heavy atom. The van der Waals surface area contributed by atoms with Crippen molar-refractivity contribution in [2.75, 3.05) is 0 Å². The summed E-state index contributed by atoms with van der Waals surface area (Å²) in [5.41, 5.74) is 1.39. The van der Waals surface area contributed by atoms with Gasteiger partial charge in [0.25, 0.3) is 0 Å². The number of rotatable bonds is 1. The van der Waals surface area contributed by atoms with Gasteiger partial charge >= 0.3 is 35.5 Å². The number of aromatic carboxylic acids is 1. The summed E-state index contributed by atoms with van der Waals surface area (Å²) in [6.07, 6.45) is 0. The maximum absolute atomic E-state index is 10.5. The molecule has 0 bridgehead atoms. The van der Waals surface area contributed by atoms with Crippen molar-refractivity contribution >= 4 is 35.5 Å². The third kappa shape index (κ3) is 2.72. The van der Waals surface area contributed by atoms with Crippen molar-refractivity contribution in [2.24, 2.45) is 0 Å². The molecule has 1 aromatic rings. The molecule has 0 spiro atoms. The van der Waals surface area contributed by atoms with Crippen molar-refractivity contribution in [2.45, 2.75) is 13.8 Å². The molecule has 0 saturated heterocycles. The van der Waals surface area contributed by atoms with Crippen LogP contribution in [0.5, 0.6) is 5.75 Å². The van der Waals surface area contributed by atoms with E-state index >= 15 is 0 Å². The number of carboxylic acid groups (broad SMARTS) is 1. The molecule has 0 amide bonds. The van der Waals surface area contributed by atoms with Crippen LogP contribution in [0.2, 0.25) is 0 Å². The van der Waals surface area contributed by atoms with Crippen LogP contribution in [-0.4, -0.2) is 45.7 Å². The van der Waals surface area contributed by atoms with E-state index in [0.29, 0.717) is 11.1 Å². The van der Waals surface area contributed by atoms with Crippen molar-refractivity contribution in [3.05, 3.63) is 28.8 Å².